The van der Waals surface area contributed by atoms with E-state index in [1.807, 2.05) is 6.33 Å². The minimum atomic E-state index is -2.53. The molecular weight excluding hydrogens is 1120 g/mol. The fraction of sp³-hybridized carbons (Fsp3) is 0.565. The number of aromatic nitrogens is 4. The van der Waals surface area contributed by atoms with E-state index < -0.39 is 75.1 Å². The van der Waals surface area contributed by atoms with E-state index in [0.717, 1.165) is 112 Å². The van der Waals surface area contributed by atoms with Crippen molar-refractivity contribution in [1.29, 1.82) is 0 Å². The number of rotatable bonds is 0. The lowest BCUT2D eigenvalue weighted by molar-refractivity contribution is -0.386. The maximum atomic E-state index is 15.7. The third kappa shape index (κ3) is 6.05. The highest BCUT2D eigenvalue weighted by molar-refractivity contribution is 8.76. The number of aromatic amines is 2. The Labute approximate surface area is 505 Å². The van der Waals surface area contributed by atoms with Gasteiger partial charge in [-0.15, -0.1) is 5.92 Å². The summed E-state index contributed by atoms with van der Waals surface area (Å²) in [6.07, 6.45) is 13.9. The topological polar surface area (TPSA) is 243 Å². The number of aliphatic hydroxyl groups excluding tert-OH is 4. The predicted molar refractivity (Wildman–Crippen MR) is 323 cm³/mol. The number of aryl methyl sites for hydroxylation is 1. The van der Waals surface area contributed by atoms with Crippen LogP contribution in [0.25, 0.3) is 16.3 Å². The Bertz CT molecular complexity index is 4070. The van der Waals surface area contributed by atoms with Crippen LogP contribution in [0, 0.1) is 64.1 Å². The van der Waals surface area contributed by atoms with E-state index >= 15 is 9.59 Å². The molecule has 5 saturated carbocycles. The van der Waals surface area contributed by atoms with E-state index in [2.05, 4.69) is 33.2 Å². The van der Waals surface area contributed by atoms with Crippen LogP contribution < -0.4 is 10.1 Å². The number of phenols is 1. The number of nitrogens with one attached hydrogen (secondary N) is 3. The quantitative estimate of drug-likeness (QED) is 0.0508. The number of hydrogen-bond donors (Lipinski definition) is 9. The van der Waals surface area contributed by atoms with Crippen LogP contribution in [0.15, 0.2) is 60.1 Å². The number of carbonyl (C=O) groups excluding carboxylic acids is 2. The second-order valence-corrected chi connectivity index (χ2v) is 32.0. The smallest absolute Gasteiger partial charge is 0.261 e. The van der Waals surface area contributed by atoms with E-state index in [1.54, 1.807) is 48.2 Å². The fourth-order valence-corrected chi connectivity index (χ4v) is 25.6. The van der Waals surface area contributed by atoms with Crippen molar-refractivity contribution < 1.29 is 49.7 Å². The van der Waals surface area contributed by atoms with Crippen LogP contribution in [-0.4, -0.2) is 122 Å². The fourth-order valence-electron chi connectivity index (χ4n) is 22.8. The number of H-pyrrole nitrogens is 2. The summed E-state index contributed by atoms with van der Waals surface area (Å²) in [6.45, 7) is 1.73. The summed E-state index contributed by atoms with van der Waals surface area (Å²) in [5.74, 6) is 4.35. The van der Waals surface area contributed by atoms with E-state index in [1.165, 1.54) is 16.9 Å². The number of carbonyl (C=O) groups is 2. The number of ketones is 2. The van der Waals surface area contributed by atoms with Crippen LogP contribution in [0.4, 0.5) is 5.82 Å². The monoisotopic (exact) mass is 1190 g/mol. The van der Waals surface area contributed by atoms with Crippen LogP contribution in [0.2, 0.25) is 0 Å². The first kappa shape index (κ1) is 52.5. The Balaban J connectivity index is 0.989. The molecule has 9 heterocycles. The van der Waals surface area contributed by atoms with Crippen molar-refractivity contribution in [2.24, 2.45) is 45.3 Å². The molecule has 0 radical (unpaired) electrons. The second kappa shape index (κ2) is 17.1. The molecule has 15 nitrogen and oxygen atoms in total. The molecule has 10 aliphatic carbocycles. The number of pyridine rings is 1. The van der Waals surface area contributed by atoms with Crippen molar-refractivity contribution in [3.63, 3.8) is 0 Å². The summed E-state index contributed by atoms with van der Waals surface area (Å²) in [5, 5.41) is 88.2. The SMILES string of the molecule is Cc1cc(O)c2c(c1)C(=O)c1c(c3cc4c(nccc14)NCC(O)C14CC5(CCCC5)C5C#CCC6CCCC7C8CSSCC9(O)C(O)C%10(C=C(C%11=C1CC1(CCC%12(CCCC%12)C1)C(O)C%11(O%10)C9O)c1[nH]c(cc1C54)C67c1nc[nH]c1C8)O3)C2=O. The molecular formula is C69H71N5O10S2. The molecule has 15 unspecified atom stereocenters. The van der Waals surface area contributed by atoms with Gasteiger partial charge < -0.3 is 55.4 Å². The zero-order valence-corrected chi connectivity index (χ0v) is 49.8. The first-order valence-corrected chi connectivity index (χ1v) is 34.5. The molecule has 16 aliphatic rings. The van der Waals surface area contributed by atoms with Gasteiger partial charge in [-0.1, -0.05) is 65.2 Å². The molecule has 444 valence electrons. The van der Waals surface area contributed by atoms with Gasteiger partial charge in [0, 0.05) is 92.5 Å². The maximum Gasteiger partial charge on any atom is 0.261 e. The number of ether oxygens (including phenoxy) is 2. The first-order chi connectivity index (χ1) is 41.6. The number of anilines is 1. The second-order valence-electron chi connectivity index (χ2n) is 29.5. The lowest BCUT2D eigenvalue weighted by Gasteiger charge is -2.66. The molecule has 21 rings (SSSR count). The van der Waals surface area contributed by atoms with Crippen LogP contribution >= 0.6 is 21.6 Å². The number of imidazole rings is 1. The minimum Gasteiger partial charge on any atom is -0.507 e. The average Bonchev–Trinajstić information content (AvgIpc) is 1.30. The molecule has 5 aromatic rings. The number of benzene rings is 2. The third-order valence-corrected chi connectivity index (χ3v) is 28.5. The van der Waals surface area contributed by atoms with Gasteiger partial charge in [0.25, 0.3) is 5.79 Å². The summed E-state index contributed by atoms with van der Waals surface area (Å²) >= 11 is 0. The van der Waals surface area contributed by atoms with Crippen LogP contribution in [0.3, 0.4) is 0 Å². The molecule has 6 fully saturated rings. The van der Waals surface area contributed by atoms with E-state index in [9.17, 15) is 30.6 Å². The van der Waals surface area contributed by atoms with Crippen LogP contribution in [-0.2, 0) is 16.6 Å². The van der Waals surface area contributed by atoms with Crippen LogP contribution in [0.1, 0.15) is 181 Å². The Morgan fingerprint density at radius 2 is 1.67 bits per heavy atom. The standard InChI is InChI=1S/C69H71N5O10S2/c1-33-20-38-49(45(75)21-33)56(78)51-46-23-37-36(50(51)55(38)77)12-19-70-58(37)71-27-48(76)65-30-63(15-4-5-16-63)42-11-7-9-35-8-6-10-41-34-22-44-57(73-32-72-44)68(35,41)47-24-39(52(42)65)54(74-47)40-25-67(83-46)60(80)66(82,31-86-85-28-34)61(81)69(84-67)53(40)43(65)26-64(59(69)79)18-17-62(29-64)13-2-3-14-62/h12,19-21,23-25,32,34-35,41-42,48,52,59-61,74-76,79-82H,2-6,8-10,13-18,22,26-31H2,1H3,(H,70,71)(H,72,73). The molecule has 2 aromatic carbocycles. The molecule has 0 amide bonds. The van der Waals surface area contributed by atoms with Crippen molar-refractivity contribution in [2.75, 3.05) is 23.4 Å². The molecule has 14 bridgehead atoms. The maximum absolute atomic E-state index is 15.7. The Morgan fingerprint density at radius 3 is 2.52 bits per heavy atom. The molecule has 6 aliphatic heterocycles. The van der Waals surface area contributed by atoms with Gasteiger partial charge >= 0.3 is 0 Å². The summed E-state index contributed by atoms with van der Waals surface area (Å²) < 4.78 is 15.5. The number of aromatic hydroxyl groups is 1. The Morgan fingerprint density at radius 1 is 0.837 bits per heavy atom. The Hall–Kier alpha value is -5.42. The third-order valence-electron chi connectivity index (χ3n) is 25.9. The van der Waals surface area contributed by atoms with Gasteiger partial charge in [0.1, 0.15) is 29.0 Å². The normalized spacial score (nSPS) is 40.9. The van der Waals surface area contributed by atoms with Crippen molar-refractivity contribution in [3.8, 4) is 23.3 Å². The van der Waals surface area contributed by atoms with Gasteiger partial charge in [0.15, 0.2) is 17.5 Å². The molecule has 86 heavy (non-hydrogen) atoms. The number of nitrogens with zero attached hydrogens (tertiary/aromatic N) is 2. The van der Waals surface area contributed by atoms with Gasteiger partial charge in [0.05, 0.1) is 40.8 Å². The zero-order valence-electron chi connectivity index (χ0n) is 48.2. The number of phenolic OH excluding ortho intramolecular Hbond substituents is 1. The van der Waals surface area contributed by atoms with Crippen molar-refractivity contribution in [1.82, 2.24) is 19.9 Å². The zero-order chi connectivity index (χ0) is 58.0. The summed E-state index contributed by atoms with van der Waals surface area (Å²) in [5.41, 5.74) is -0.912. The lowest BCUT2D eigenvalue weighted by atomic mass is 9.49. The minimum absolute atomic E-state index is 0.00538. The summed E-state index contributed by atoms with van der Waals surface area (Å²) in [4.78, 5) is 49.4. The predicted octanol–water partition coefficient (Wildman–Crippen LogP) is 9.39. The highest BCUT2D eigenvalue weighted by atomic mass is 33.1. The molecule has 15 atom stereocenters. The average molecular weight is 1190 g/mol. The van der Waals surface area contributed by atoms with E-state index in [4.69, 9.17) is 19.4 Å². The molecule has 3 aromatic heterocycles. The molecule has 1 saturated heterocycles. The summed E-state index contributed by atoms with van der Waals surface area (Å²) in [6, 6.07) is 8.79. The Kier molecular flexibility index (Phi) is 10.4. The van der Waals surface area contributed by atoms with Crippen molar-refractivity contribution >= 4 is 55.3 Å². The van der Waals surface area contributed by atoms with Gasteiger partial charge in [-0.25, -0.2) is 9.97 Å². The van der Waals surface area contributed by atoms with Gasteiger partial charge in [-0.05, 0) is 171 Å². The summed E-state index contributed by atoms with van der Waals surface area (Å²) in [7, 11) is 3.00. The van der Waals surface area contributed by atoms with Gasteiger partial charge in [-0.3, -0.25) is 9.59 Å². The molecule has 9 N–H and O–H groups in total. The molecule has 7 spiro atoms. The van der Waals surface area contributed by atoms with Crippen LogP contribution in [0.5, 0.6) is 11.5 Å². The number of aliphatic hydroxyl groups is 5. The largest absolute Gasteiger partial charge is 0.507 e. The highest BCUT2D eigenvalue weighted by Crippen LogP contribution is 2.79. The van der Waals surface area contributed by atoms with Gasteiger partial charge in [0.2, 0.25) is 5.78 Å². The van der Waals surface area contributed by atoms with E-state index in [0.29, 0.717) is 76.9 Å². The van der Waals surface area contributed by atoms with E-state index in [-0.39, 0.29) is 80.6 Å². The lowest BCUT2D eigenvalue weighted by Crippen LogP contribution is -2.83. The first-order valence-electron chi connectivity index (χ1n) is 32.0. The molecule has 17 heteroatoms. The number of fused-ring (bicyclic) bond motifs is 10. The highest BCUT2D eigenvalue weighted by Gasteiger charge is 2.80. The van der Waals surface area contributed by atoms with Crippen molar-refractivity contribution in [2.45, 2.75) is 175 Å². The van der Waals surface area contributed by atoms with Gasteiger partial charge in [-0.2, -0.15) is 0 Å². The number of hydrogen-bond acceptors (Lipinski definition) is 15. The van der Waals surface area contributed by atoms with Crippen molar-refractivity contribution in [3.05, 3.63) is 116 Å².